The predicted molar refractivity (Wildman–Crippen MR) is 74.9 cm³/mol. The predicted octanol–water partition coefficient (Wildman–Crippen LogP) is 3.77. The van der Waals surface area contributed by atoms with Crippen LogP contribution in [0.25, 0.3) is 16.9 Å². The van der Waals surface area contributed by atoms with Crippen molar-refractivity contribution in [2.45, 2.75) is 0 Å². The molecule has 90 valence electrons. The maximum absolute atomic E-state index is 5.15. The number of benzene rings is 1. The van der Waals surface area contributed by atoms with Gasteiger partial charge in [0.15, 0.2) is 0 Å². The maximum Gasteiger partial charge on any atom is 0.138 e. The van der Waals surface area contributed by atoms with E-state index < -0.39 is 0 Å². The Balaban J connectivity index is 2.10. The van der Waals surface area contributed by atoms with Crippen LogP contribution in [-0.4, -0.2) is 16.5 Å². The zero-order chi connectivity index (χ0) is 12.5. The molecule has 0 unspecified atom stereocenters. The minimum absolute atomic E-state index is 0.851. The Hall–Kier alpha value is -1.81. The van der Waals surface area contributed by atoms with Crippen molar-refractivity contribution in [3.05, 3.63) is 53.3 Å². The van der Waals surface area contributed by atoms with Crippen LogP contribution in [0.3, 0.4) is 0 Å². The van der Waals surface area contributed by atoms with Crippen LogP contribution in [0.15, 0.2) is 53.3 Å². The second-order valence-electron chi connectivity index (χ2n) is 3.93. The van der Waals surface area contributed by atoms with Crippen LogP contribution >= 0.6 is 15.9 Å². The summed E-state index contributed by atoms with van der Waals surface area (Å²) in [6.45, 7) is 0. The highest BCUT2D eigenvalue weighted by Gasteiger charge is 2.05. The molecule has 0 fully saturated rings. The van der Waals surface area contributed by atoms with Crippen LogP contribution in [0.4, 0.5) is 0 Å². The molecule has 0 atom stereocenters. The standard InChI is InChI=1S/C14H11BrN2O/c1-18-11-7-5-10(6-8-11)12-9-17-13(15)3-2-4-14(17)16-12/h2-9H,1H3. The minimum Gasteiger partial charge on any atom is -0.497 e. The molecule has 18 heavy (non-hydrogen) atoms. The van der Waals surface area contributed by atoms with Crippen molar-refractivity contribution in [3.63, 3.8) is 0 Å². The number of pyridine rings is 1. The first kappa shape index (κ1) is 11.3. The molecule has 0 bridgehead atoms. The van der Waals surface area contributed by atoms with Gasteiger partial charge in [0, 0.05) is 11.8 Å². The summed E-state index contributed by atoms with van der Waals surface area (Å²) in [7, 11) is 1.66. The van der Waals surface area contributed by atoms with Crippen LogP contribution in [0.2, 0.25) is 0 Å². The lowest BCUT2D eigenvalue weighted by Crippen LogP contribution is -1.82. The van der Waals surface area contributed by atoms with Crippen molar-refractivity contribution in [2.24, 2.45) is 0 Å². The number of imidazole rings is 1. The fourth-order valence-electron chi connectivity index (χ4n) is 1.88. The summed E-state index contributed by atoms with van der Waals surface area (Å²) in [6.07, 6.45) is 2.02. The Morgan fingerprint density at radius 1 is 1.11 bits per heavy atom. The average molecular weight is 303 g/mol. The average Bonchev–Trinajstić information content (AvgIpc) is 2.84. The van der Waals surface area contributed by atoms with Gasteiger partial charge < -0.3 is 4.74 Å². The highest BCUT2D eigenvalue weighted by Crippen LogP contribution is 2.23. The molecule has 0 saturated heterocycles. The number of hydrogen-bond acceptors (Lipinski definition) is 2. The molecule has 3 nitrogen and oxygen atoms in total. The fourth-order valence-corrected chi connectivity index (χ4v) is 2.31. The van der Waals surface area contributed by atoms with Gasteiger partial charge in [-0.2, -0.15) is 0 Å². The molecule has 3 rings (SSSR count). The van der Waals surface area contributed by atoms with Crippen molar-refractivity contribution in [1.82, 2.24) is 9.38 Å². The summed E-state index contributed by atoms with van der Waals surface area (Å²) in [5.41, 5.74) is 2.95. The van der Waals surface area contributed by atoms with Crippen LogP contribution in [0.1, 0.15) is 0 Å². The third kappa shape index (κ3) is 1.88. The Morgan fingerprint density at radius 2 is 1.89 bits per heavy atom. The van der Waals surface area contributed by atoms with Crippen LogP contribution in [0.5, 0.6) is 5.75 Å². The van der Waals surface area contributed by atoms with E-state index >= 15 is 0 Å². The number of hydrogen-bond donors (Lipinski definition) is 0. The number of methoxy groups -OCH3 is 1. The topological polar surface area (TPSA) is 26.5 Å². The smallest absolute Gasteiger partial charge is 0.138 e. The molecule has 4 heteroatoms. The van der Waals surface area contributed by atoms with E-state index in [2.05, 4.69) is 20.9 Å². The first-order valence-corrected chi connectivity index (χ1v) is 6.35. The van der Waals surface area contributed by atoms with Gasteiger partial charge in [0.1, 0.15) is 11.4 Å². The first-order chi connectivity index (χ1) is 8.78. The molecule has 1 aromatic carbocycles. The van der Waals surface area contributed by atoms with Gasteiger partial charge in [0.05, 0.1) is 17.4 Å². The summed E-state index contributed by atoms with van der Waals surface area (Å²) in [5, 5.41) is 0. The maximum atomic E-state index is 5.15. The Kier molecular flexibility index (Phi) is 2.80. The Bertz CT molecular complexity index is 689. The van der Waals surface area contributed by atoms with E-state index in [1.165, 1.54) is 0 Å². The molecule has 0 aliphatic rings. The third-order valence-corrected chi connectivity index (χ3v) is 3.47. The Labute approximate surface area is 113 Å². The SMILES string of the molecule is COc1ccc(-c2cn3c(Br)cccc3n2)cc1. The third-order valence-electron chi connectivity index (χ3n) is 2.83. The van der Waals surface area contributed by atoms with Gasteiger partial charge in [-0.25, -0.2) is 4.98 Å². The van der Waals surface area contributed by atoms with Gasteiger partial charge in [0.2, 0.25) is 0 Å². The summed E-state index contributed by atoms with van der Waals surface area (Å²) < 4.78 is 8.16. The molecule has 0 radical (unpaired) electrons. The fraction of sp³-hybridized carbons (Fsp3) is 0.0714. The molecule has 0 saturated carbocycles. The number of rotatable bonds is 2. The van der Waals surface area contributed by atoms with E-state index in [1.807, 2.05) is 53.1 Å². The van der Waals surface area contributed by atoms with Crippen LogP contribution < -0.4 is 4.74 Å². The van der Waals surface area contributed by atoms with Crippen molar-refractivity contribution in [1.29, 1.82) is 0 Å². The monoisotopic (exact) mass is 302 g/mol. The van der Waals surface area contributed by atoms with Crippen molar-refractivity contribution in [3.8, 4) is 17.0 Å². The number of nitrogens with zero attached hydrogens (tertiary/aromatic N) is 2. The lowest BCUT2D eigenvalue weighted by Gasteiger charge is -2.00. The number of fused-ring (bicyclic) bond motifs is 1. The van der Waals surface area contributed by atoms with E-state index in [0.717, 1.165) is 27.3 Å². The highest BCUT2D eigenvalue weighted by molar-refractivity contribution is 9.10. The summed E-state index contributed by atoms with van der Waals surface area (Å²) in [5.74, 6) is 0.851. The zero-order valence-electron chi connectivity index (χ0n) is 9.80. The van der Waals surface area contributed by atoms with E-state index in [1.54, 1.807) is 7.11 Å². The van der Waals surface area contributed by atoms with Gasteiger partial charge in [0.25, 0.3) is 0 Å². The molecule has 0 aliphatic heterocycles. The van der Waals surface area contributed by atoms with Crippen molar-refractivity contribution in [2.75, 3.05) is 7.11 Å². The van der Waals surface area contributed by atoms with E-state index in [0.29, 0.717) is 0 Å². The van der Waals surface area contributed by atoms with E-state index in [9.17, 15) is 0 Å². The lowest BCUT2D eigenvalue weighted by molar-refractivity contribution is 0.415. The van der Waals surface area contributed by atoms with Gasteiger partial charge in [-0.05, 0) is 52.3 Å². The second kappa shape index (κ2) is 4.46. The van der Waals surface area contributed by atoms with Gasteiger partial charge in [-0.3, -0.25) is 4.40 Å². The number of aromatic nitrogens is 2. The van der Waals surface area contributed by atoms with E-state index in [-0.39, 0.29) is 0 Å². The lowest BCUT2D eigenvalue weighted by atomic mass is 10.2. The molecular formula is C14H11BrN2O. The summed E-state index contributed by atoms with van der Waals surface area (Å²) in [6, 6.07) is 13.8. The summed E-state index contributed by atoms with van der Waals surface area (Å²) in [4.78, 5) is 4.59. The quantitative estimate of drug-likeness (QED) is 0.674. The Morgan fingerprint density at radius 3 is 2.56 bits per heavy atom. The van der Waals surface area contributed by atoms with Crippen molar-refractivity contribution >= 4 is 21.6 Å². The highest BCUT2D eigenvalue weighted by atomic mass is 79.9. The number of halogens is 1. The molecule has 0 amide bonds. The largest absolute Gasteiger partial charge is 0.497 e. The molecule has 2 heterocycles. The molecule has 2 aromatic heterocycles. The molecular weight excluding hydrogens is 292 g/mol. The zero-order valence-corrected chi connectivity index (χ0v) is 11.4. The molecule has 3 aromatic rings. The summed E-state index contributed by atoms with van der Waals surface area (Å²) >= 11 is 3.51. The van der Waals surface area contributed by atoms with Gasteiger partial charge in [-0.15, -0.1) is 0 Å². The van der Waals surface area contributed by atoms with Gasteiger partial charge >= 0.3 is 0 Å². The van der Waals surface area contributed by atoms with Crippen LogP contribution in [0, 0.1) is 0 Å². The molecule has 0 N–H and O–H groups in total. The molecule has 0 spiro atoms. The van der Waals surface area contributed by atoms with Gasteiger partial charge in [-0.1, -0.05) is 6.07 Å². The minimum atomic E-state index is 0.851. The first-order valence-electron chi connectivity index (χ1n) is 5.56. The normalized spacial score (nSPS) is 10.8. The van der Waals surface area contributed by atoms with E-state index in [4.69, 9.17) is 4.74 Å². The number of ether oxygens (including phenoxy) is 1. The van der Waals surface area contributed by atoms with Crippen LogP contribution in [-0.2, 0) is 0 Å². The second-order valence-corrected chi connectivity index (χ2v) is 4.74. The molecule has 0 aliphatic carbocycles. The van der Waals surface area contributed by atoms with Crippen molar-refractivity contribution < 1.29 is 4.74 Å².